The lowest BCUT2D eigenvalue weighted by Crippen LogP contribution is -2.30. The van der Waals surface area contributed by atoms with Gasteiger partial charge in [-0.25, -0.2) is 8.42 Å². The molecule has 0 aliphatic carbocycles. The van der Waals surface area contributed by atoms with Gasteiger partial charge in [-0.1, -0.05) is 30.3 Å². The summed E-state index contributed by atoms with van der Waals surface area (Å²) >= 11 is 0. The fraction of sp³-hybridized carbons (Fsp3) is 0.227. The molecule has 0 spiro atoms. The Morgan fingerprint density at radius 3 is 2.23 bits per heavy atom. The number of carbonyl (C=O) groups is 1. The van der Waals surface area contributed by atoms with Crippen LogP contribution in [0.5, 0.6) is 11.5 Å². The first-order chi connectivity index (χ1) is 14.4. The highest BCUT2D eigenvalue weighted by molar-refractivity contribution is 7.89. The minimum atomic E-state index is -3.80. The van der Waals surface area contributed by atoms with Crippen molar-refractivity contribution in [3.8, 4) is 11.5 Å². The second-order valence-corrected chi connectivity index (χ2v) is 8.30. The number of hydrogen-bond donors (Lipinski definition) is 1. The van der Waals surface area contributed by atoms with Gasteiger partial charge in [-0.2, -0.15) is 4.72 Å². The third kappa shape index (κ3) is 4.55. The maximum Gasteiger partial charge on any atom is 0.320 e. The summed E-state index contributed by atoms with van der Waals surface area (Å²) in [6.45, 7) is -0.418. The molecule has 0 saturated carbocycles. The molecule has 1 N–H and O–H groups in total. The van der Waals surface area contributed by atoms with E-state index in [9.17, 15) is 13.2 Å². The smallest absolute Gasteiger partial charge is 0.320 e. The van der Waals surface area contributed by atoms with Crippen molar-refractivity contribution < 1.29 is 27.4 Å². The van der Waals surface area contributed by atoms with E-state index in [1.54, 1.807) is 26.4 Å². The van der Waals surface area contributed by atoms with Crippen molar-refractivity contribution in [3.05, 3.63) is 65.7 Å². The predicted molar refractivity (Wildman–Crippen MR) is 114 cm³/mol. The molecular formula is C22H23NO6S. The molecule has 3 rings (SSSR count). The average Bonchev–Trinajstić information content (AvgIpc) is 2.77. The molecule has 3 aromatic carbocycles. The van der Waals surface area contributed by atoms with E-state index < -0.39 is 22.5 Å². The van der Waals surface area contributed by atoms with Gasteiger partial charge in [-0.05, 0) is 41.8 Å². The van der Waals surface area contributed by atoms with Crippen LogP contribution < -0.4 is 14.2 Å². The van der Waals surface area contributed by atoms with E-state index in [2.05, 4.69) is 9.46 Å². The topological polar surface area (TPSA) is 90.9 Å². The van der Waals surface area contributed by atoms with Crippen molar-refractivity contribution in [2.75, 3.05) is 27.9 Å². The largest absolute Gasteiger partial charge is 0.496 e. The van der Waals surface area contributed by atoms with Crippen LogP contribution in [0, 0.1) is 0 Å². The van der Waals surface area contributed by atoms with Crippen LogP contribution in [0.4, 0.5) is 0 Å². The number of rotatable bonds is 8. The normalized spacial score (nSPS) is 11.3. The fourth-order valence-electron chi connectivity index (χ4n) is 3.23. The van der Waals surface area contributed by atoms with Gasteiger partial charge in [-0.15, -0.1) is 0 Å². The fourth-order valence-corrected chi connectivity index (χ4v) is 4.20. The third-order valence-corrected chi connectivity index (χ3v) is 6.17. The Hall–Kier alpha value is -3.10. The molecule has 0 aliphatic heterocycles. The number of esters is 1. The van der Waals surface area contributed by atoms with Gasteiger partial charge in [0.05, 0.1) is 26.2 Å². The summed E-state index contributed by atoms with van der Waals surface area (Å²) in [4.78, 5) is 11.3. The van der Waals surface area contributed by atoms with Gasteiger partial charge >= 0.3 is 5.97 Å². The number of nitrogens with one attached hydrogen (secondary N) is 1. The molecule has 0 amide bonds. The quantitative estimate of drug-likeness (QED) is 0.554. The number of fused-ring (bicyclic) bond motifs is 1. The third-order valence-electron chi connectivity index (χ3n) is 4.75. The maximum absolute atomic E-state index is 12.3. The van der Waals surface area contributed by atoms with Crippen LogP contribution in [0.1, 0.15) is 11.1 Å². The lowest BCUT2D eigenvalue weighted by molar-refractivity contribution is -0.139. The summed E-state index contributed by atoms with van der Waals surface area (Å²) in [5.74, 6) is 0.842. The SMILES string of the molecule is COC(=O)CNS(=O)(=O)c1ccc(Cc2ccc(OC)c3cccc(OC)c23)cc1. The first kappa shape index (κ1) is 21.6. The molecule has 0 heterocycles. The molecule has 0 aliphatic rings. The van der Waals surface area contributed by atoms with E-state index in [-0.39, 0.29) is 4.90 Å². The first-order valence-electron chi connectivity index (χ1n) is 9.17. The Bertz CT molecular complexity index is 1160. The van der Waals surface area contributed by atoms with Crippen LogP contribution in [-0.2, 0) is 26.0 Å². The summed E-state index contributed by atoms with van der Waals surface area (Å²) in [6.07, 6.45) is 0.580. The number of hydrogen-bond acceptors (Lipinski definition) is 6. The lowest BCUT2D eigenvalue weighted by atomic mass is 9.97. The highest BCUT2D eigenvalue weighted by atomic mass is 32.2. The van der Waals surface area contributed by atoms with E-state index >= 15 is 0 Å². The maximum atomic E-state index is 12.3. The van der Waals surface area contributed by atoms with Crippen LogP contribution >= 0.6 is 0 Å². The average molecular weight is 429 g/mol. The first-order valence-corrected chi connectivity index (χ1v) is 10.7. The van der Waals surface area contributed by atoms with Crippen LogP contribution in [0.3, 0.4) is 0 Å². The van der Waals surface area contributed by atoms with Gasteiger partial charge in [0.2, 0.25) is 10.0 Å². The lowest BCUT2D eigenvalue weighted by Gasteiger charge is -2.14. The van der Waals surface area contributed by atoms with Crippen molar-refractivity contribution in [2.24, 2.45) is 0 Å². The minimum Gasteiger partial charge on any atom is -0.496 e. The van der Waals surface area contributed by atoms with Crippen LogP contribution in [-0.4, -0.2) is 42.3 Å². The standard InChI is InChI=1S/C22H23NO6S/c1-27-19-12-9-16(22-18(19)5-4-6-20(22)28-2)13-15-7-10-17(11-8-15)30(25,26)23-14-21(24)29-3/h4-12,23H,13-14H2,1-3H3. The van der Waals surface area contributed by atoms with Gasteiger partial charge < -0.3 is 14.2 Å². The molecule has 3 aromatic rings. The van der Waals surface area contributed by atoms with Crippen molar-refractivity contribution in [3.63, 3.8) is 0 Å². The van der Waals surface area contributed by atoms with Crippen molar-refractivity contribution in [1.29, 1.82) is 0 Å². The Kier molecular flexibility index (Phi) is 6.59. The molecule has 0 radical (unpaired) electrons. The van der Waals surface area contributed by atoms with Crippen molar-refractivity contribution in [2.45, 2.75) is 11.3 Å². The number of carbonyl (C=O) groups excluding carboxylic acids is 1. The summed E-state index contributed by atoms with van der Waals surface area (Å²) in [7, 11) is 0.651. The number of sulfonamides is 1. The molecule has 8 heteroatoms. The predicted octanol–water partition coefficient (Wildman–Crippen LogP) is 2.90. The van der Waals surface area contributed by atoms with E-state index in [0.29, 0.717) is 6.42 Å². The molecule has 0 unspecified atom stereocenters. The molecule has 158 valence electrons. The Balaban J connectivity index is 1.89. The summed E-state index contributed by atoms with van der Waals surface area (Å²) in [5, 5.41) is 1.90. The van der Waals surface area contributed by atoms with E-state index in [4.69, 9.17) is 9.47 Å². The molecular weight excluding hydrogens is 406 g/mol. The monoisotopic (exact) mass is 429 g/mol. The van der Waals surface area contributed by atoms with Crippen molar-refractivity contribution in [1.82, 2.24) is 4.72 Å². The zero-order chi connectivity index (χ0) is 21.7. The van der Waals surface area contributed by atoms with Gasteiger partial charge in [0, 0.05) is 10.8 Å². The second kappa shape index (κ2) is 9.15. The summed E-state index contributed by atoms with van der Waals surface area (Å²) < 4.78 is 42.3. The Labute approximate surface area is 175 Å². The Morgan fingerprint density at radius 2 is 1.60 bits per heavy atom. The van der Waals surface area contributed by atoms with Crippen LogP contribution in [0.15, 0.2) is 59.5 Å². The van der Waals surface area contributed by atoms with Crippen LogP contribution in [0.2, 0.25) is 0 Å². The van der Waals surface area contributed by atoms with Gasteiger partial charge in [0.1, 0.15) is 18.0 Å². The van der Waals surface area contributed by atoms with Gasteiger partial charge in [-0.3, -0.25) is 4.79 Å². The summed E-state index contributed by atoms with van der Waals surface area (Å²) in [6, 6.07) is 16.2. The molecule has 0 fully saturated rings. The van der Waals surface area contributed by atoms with Crippen molar-refractivity contribution >= 4 is 26.8 Å². The molecule has 30 heavy (non-hydrogen) atoms. The van der Waals surface area contributed by atoms with Gasteiger partial charge in [0.15, 0.2) is 0 Å². The zero-order valence-corrected chi connectivity index (χ0v) is 17.8. The van der Waals surface area contributed by atoms with E-state index in [0.717, 1.165) is 33.4 Å². The highest BCUT2D eigenvalue weighted by Crippen LogP contribution is 2.36. The molecule has 0 bridgehead atoms. The molecule has 7 nitrogen and oxygen atoms in total. The van der Waals surface area contributed by atoms with E-state index in [1.807, 2.05) is 30.3 Å². The number of methoxy groups -OCH3 is 3. The number of benzene rings is 3. The Morgan fingerprint density at radius 1 is 0.900 bits per heavy atom. The highest BCUT2D eigenvalue weighted by Gasteiger charge is 2.16. The van der Waals surface area contributed by atoms with Gasteiger partial charge in [0.25, 0.3) is 0 Å². The number of ether oxygens (including phenoxy) is 3. The summed E-state index contributed by atoms with van der Waals surface area (Å²) in [5.41, 5.74) is 1.96. The minimum absolute atomic E-state index is 0.0762. The van der Waals surface area contributed by atoms with Crippen LogP contribution in [0.25, 0.3) is 10.8 Å². The molecule has 0 aromatic heterocycles. The molecule has 0 atom stereocenters. The zero-order valence-electron chi connectivity index (χ0n) is 17.0. The second-order valence-electron chi connectivity index (χ2n) is 6.53. The molecule has 0 saturated heterocycles. The van der Waals surface area contributed by atoms with E-state index in [1.165, 1.54) is 19.2 Å².